The average molecular weight is 294 g/mol. The third kappa shape index (κ3) is 2.84. The molecule has 22 heavy (non-hydrogen) atoms. The Bertz CT molecular complexity index is 635. The van der Waals surface area contributed by atoms with E-state index in [2.05, 4.69) is 12.1 Å². The van der Waals surface area contributed by atoms with Crippen LogP contribution in [0.3, 0.4) is 0 Å². The topological polar surface area (TPSA) is 37.3 Å². The molecule has 0 aromatic heterocycles. The zero-order valence-electron chi connectivity index (χ0n) is 12.7. The standard InChI is InChI=1S/C20H22O2/c21-15-17-10-4-5-12-19(17)20(22)13-7-6-11-18(20)14-16-8-2-1-3-9-16/h1-5,8-10,12,15,18,22H,6-7,11,13-14H2. The van der Waals surface area contributed by atoms with Crippen molar-refractivity contribution in [2.24, 2.45) is 5.92 Å². The molecule has 0 radical (unpaired) electrons. The van der Waals surface area contributed by atoms with E-state index in [1.165, 1.54) is 5.56 Å². The number of aldehydes is 1. The predicted octanol–water partition coefficient (Wildman–Crippen LogP) is 4.12. The molecule has 2 unspecified atom stereocenters. The van der Waals surface area contributed by atoms with E-state index in [0.717, 1.165) is 44.0 Å². The molecule has 1 saturated carbocycles. The minimum absolute atomic E-state index is 0.157. The highest BCUT2D eigenvalue weighted by molar-refractivity contribution is 5.77. The van der Waals surface area contributed by atoms with E-state index in [0.29, 0.717) is 5.56 Å². The van der Waals surface area contributed by atoms with Gasteiger partial charge in [0.2, 0.25) is 0 Å². The van der Waals surface area contributed by atoms with Crippen LogP contribution in [0.15, 0.2) is 54.6 Å². The predicted molar refractivity (Wildman–Crippen MR) is 87.8 cm³/mol. The molecule has 2 nitrogen and oxygen atoms in total. The molecule has 2 heteroatoms. The van der Waals surface area contributed by atoms with E-state index in [1.807, 2.05) is 36.4 Å². The minimum atomic E-state index is -0.897. The highest BCUT2D eigenvalue weighted by Gasteiger charge is 2.41. The highest BCUT2D eigenvalue weighted by atomic mass is 16.3. The van der Waals surface area contributed by atoms with Gasteiger partial charge in [-0.1, -0.05) is 67.4 Å². The molecule has 1 N–H and O–H groups in total. The van der Waals surface area contributed by atoms with E-state index in [4.69, 9.17) is 0 Å². The van der Waals surface area contributed by atoms with Crippen molar-refractivity contribution in [3.8, 4) is 0 Å². The number of carbonyl (C=O) groups is 1. The zero-order valence-corrected chi connectivity index (χ0v) is 12.7. The maximum Gasteiger partial charge on any atom is 0.150 e. The SMILES string of the molecule is O=Cc1ccccc1C1(O)CCCCC1Cc1ccccc1. The van der Waals surface area contributed by atoms with Crippen LogP contribution in [0.2, 0.25) is 0 Å². The smallest absolute Gasteiger partial charge is 0.150 e. The van der Waals surface area contributed by atoms with Gasteiger partial charge in [0, 0.05) is 5.56 Å². The van der Waals surface area contributed by atoms with Crippen molar-refractivity contribution in [2.45, 2.75) is 37.7 Å². The van der Waals surface area contributed by atoms with Crippen LogP contribution in [0.25, 0.3) is 0 Å². The first-order valence-corrected chi connectivity index (χ1v) is 8.05. The van der Waals surface area contributed by atoms with Crippen LogP contribution in [0, 0.1) is 5.92 Å². The van der Waals surface area contributed by atoms with Crippen molar-refractivity contribution >= 4 is 6.29 Å². The van der Waals surface area contributed by atoms with Gasteiger partial charge in [0.05, 0.1) is 5.60 Å². The third-order valence-corrected chi connectivity index (χ3v) is 4.91. The molecule has 114 valence electrons. The summed E-state index contributed by atoms with van der Waals surface area (Å²) in [6.07, 6.45) is 5.60. The van der Waals surface area contributed by atoms with Crippen LogP contribution in [-0.2, 0) is 12.0 Å². The monoisotopic (exact) mass is 294 g/mol. The van der Waals surface area contributed by atoms with Crippen molar-refractivity contribution in [1.29, 1.82) is 0 Å². The van der Waals surface area contributed by atoms with Crippen LogP contribution in [-0.4, -0.2) is 11.4 Å². The second-order valence-electron chi connectivity index (χ2n) is 6.26. The lowest BCUT2D eigenvalue weighted by molar-refractivity contribution is -0.0545. The number of hydrogen-bond acceptors (Lipinski definition) is 2. The highest BCUT2D eigenvalue weighted by Crippen LogP contribution is 2.44. The summed E-state index contributed by atoms with van der Waals surface area (Å²) in [5.74, 6) is 0.157. The number of rotatable bonds is 4. The Morgan fingerprint density at radius 3 is 2.55 bits per heavy atom. The minimum Gasteiger partial charge on any atom is -0.385 e. The first-order chi connectivity index (χ1) is 10.7. The van der Waals surface area contributed by atoms with Crippen molar-refractivity contribution in [3.05, 3.63) is 71.3 Å². The van der Waals surface area contributed by atoms with Gasteiger partial charge in [-0.05, 0) is 36.3 Å². The number of carbonyl (C=O) groups excluding carboxylic acids is 1. The fourth-order valence-electron chi connectivity index (χ4n) is 3.75. The number of hydrogen-bond donors (Lipinski definition) is 1. The Balaban J connectivity index is 1.95. The number of aliphatic hydroxyl groups is 1. The maximum absolute atomic E-state index is 11.4. The van der Waals surface area contributed by atoms with Crippen LogP contribution in [0.4, 0.5) is 0 Å². The van der Waals surface area contributed by atoms with E-state index < -0.39 is 5.60 Å². The van der Waals surface area contributed by atoms with Gasteiger partial charge in [0.15, 0.2) is 0 Å². The van der Waals surface area contributed by atoms with Gasteiger partial charge < -0.3 is 5.11 Å². The summed E-state index contributed by atoms with van der Waals surface area (Å²) in [6, 6.07) is 17.8. The Morgan fingerprint density at radius 2 is 1.77 bits per heavy atom. The van der Waals surface area contributed by atoms with Crippen molar-refractivity contribution in [3.63, 3.8) is 0 Å². The van der Waals surface area contributed by atoms with Gasteiger partial charge in [-0.25, -0.2) is 0 Å². The van der Waals surface area contributed by atoms with Gasteiger partial charge in [-0.15, -0.1) is 0 Å². The summed E-state index contributed by atoms with van der Waals surface area (Å²) >= 11 is 0. The molecular weight excluding hydrogens is 272 g/mol. The summed E-state index contributed by atoms with van der Waals surface area (Å²) < 4.78 is 0. The molecular formula is C20H22O2. The summed E-state index contributed by atoms with van der Waals surface area (Å²) in [4.78, 5) is 11.4. The van der Waals surface area contributed by atoms with Gasteiger partial charge in [-0.2, -0.15) is 0 Å². The van der Waals surface area contributed by atoms with Gasteiger partial charge in [-0.3, -0.25) is 4.79 Å². The average Bonchev–Trinajstić information content (AvgIpc) is 2.58. The first kappa shape index (κ1) is 15.0. The lowest BCUT2D eigenvalue weighted by atomic mass is 9.68. The zero-order chi connectivity index (χ0) is 15.4. The molecule has 2 aromatic carbocycles. The van der Waals surface area contributed by atoms with Crippen LogP contribution < -0.4 is 0 Å². The molecule has 0 aliphatic heterocycles. The Morgan fingerprint density at radius 1 is 1.05 bits per heavy atom. The molecule has 1 fully saturated rings. The van der Waals surface area contributed by atoms with Crippen LogP contribution in [0.5, 0.6) is 0 Å². The number of benzene rings is 2. The first-order valence-electron chi connectivity index (χ1n) is 8.05. The Kier molecular flexibility index (Phi) is 4.39. The van der Waals surface area contributed by atoms with Crippen molar-refractivity contribution < 1.29 is 9.90 Å². The third-order valence-electron chi connectivity index (χ3n) is 4.91. The molecule has 1 aliphatic rings. The van der Waals surface area contributed by atoms with Gasteiger partial charge in [0.25, 0.3) is 0 Å². The summed E-state index contributed by atoms with van der Waals surface area (Å²) in [7, 11) is 0. The molecule has 0 heterocycles. The Labute approximate surface area is 131 Å². The molecule has 3 rings (SSSR count). The fraction of sp³-hybridized carbons (Fsp3) is 0.350. The van der Waals surface area contributed by atoms with E-state index >= 15 is 0 Å². The van der Waals surface area contributed by atoms with E-state index in [9.17, 15) is 9.90 Å². The molecule has 1 aliphatic carbocycles. The molecule has 2 atom stereocenters. The Hall–Kier alpha value is -1.93. The van der Waals surface area contributed by atoms with Gasteiger partial charge in [0.1, 0.15) is 6.29 Å². The fourth-order valence-corrected chi connectivity index (χ4v) is 3.75. The van der Waals surface area contributed by atoms with Gasteiger partial charge >= 0.3 is 0 Å². The lowest BCUT2D eigenvalue weighted by Gasteiger charge is -2.41. The van der Waals surface area contributed by atoms with Crippen molar-refractivity contribution in [2.75, 3.05) is 0 Å². The molecule has 2 aromatic rings. The lowest BCUT2D eigenvalue weighted by Crippen LogP contribution is -2.40. The normalized spacial score (nSPS) is 24.9. The summed E-state index contributed by atoms with van der Waals surface area (Å²) in [5.41, 5.74) is 1.76. The quantitative estimate of drug-likeness (QED) is 0.861. The molecule has 0 amide bonds. The summed E-state index contributed by atoms with van der Waals surface area (Å²) in [6.45, 7) is 0. The maximum atomic E-state index is 11.4. The molecule has 0 spiro atoms. The van der Waals surface area contributed by atoms with E-state index in [1.54, 1.807) is 6.07 Å². The van der Waals surface area contributed by atoms with Crippen LogP contribution in [0.1, 0.15) is 47.2 Å². The molecule has 0 saturated heterocycles. The van der Waals surface area contributed by atoms with Crippen LogP contribution >= 0.6 is 0 Å². The second kappa shape index (κ2) is 6.45. The largest absolute Gasteiger partial charge is 0.385 e. The van der Waals surface area contributed by atoms with Crippen molar-refractivity contribution in [1.82, 2.24) is 0 Å². The second-order valence-corrected chi connectivity index (χ2v) is 6.26. The summed E-state index contributed by atoms with van der Waals surface area (Å²) in [5, 5.41) is 11.4. The molecule has 0 bridgehead atoms. The van der Waals surface area contributed by atoms with E-state index in [-0.39, 0.29) is 5.92 Å².